The highest BCUT2D eigenvalue weighted by atomic mass is 32.2. The van der Waals surface area contributed by atoms with Gasteiger partial charge in [0.15, 0.2) is 0 Å². The van der Waals surface area contributed by atoms with Gasteiger partial charge in [-0.1, -0.05) is 12.1 Å². The maximum absolute atomic E-state index is 11.8. The molecule has 15 heavy (non-hydrogen) atoms. The third kappa shape index (κ3) is 2.38. The molecule has 0 amide bonds. The summed E-state index contributed by atoms with van der Waals surface area (Å²) in [6.45, 7) is 1.65. The number of rotatable bonds is 2. The molecule has 2 rings (SSSR count). The van der Waals surface area contributed by atoms with E-state index in [0.29, 0.717) is 0 Å². The predicted molar refractivity (Wildman–Crippen MR) is 61.6 cm³/mol. The Morgan fingerprint density at radius 1 is 1.53 bits per heavy atom. The molecule has 2 unspecified atom stereocenters. The quantitative estimate of drug-likeness (QED) is 0.818. The fourth-order valence-corrected chi connectivity index (χ4v) is 3.14. The van der Waals surface area contributed by atoms with Crippen LogP contribution in [0.5, 0.6) is 5.75 Å². The highest BCUT2D eigenvalue weighted by molar-refractivity contribution is 7.85. The van der Waals surface area contributed by atoms with Crippen LogP contribution in [0.2, 0.25) is 0 Å². The minimum atomic E-state index is -0.757. The van der Waals surface area contributed by atoms with Gasteiger partial charge in [-0.3, -0.25) is 4.21 Å². The van der Waals surface area contributed by atoms with Crippen LogP contribution in [0.3, 0.4) is 0 Å². The summed E-state index contributed by atoms with van der Waals surface area (Å²) in [6, 6.07) is 7.83. The molecule has 1 aliphatic rings. The zero-order valence-electron chi connectivity index (χ0n) is 8.73. The summed E-state index contributed by atoms with van der Waals surface area (Å²) < 4.78 is 17.0. The number of nitrogens with one attached hydrogen (secondary N) is 1. The Bertz CT molecular complexity index is 367. The van der Waals surface area contributed by atoms with Gasteiger partial charge in [-0.05, 0) is 17.7 Å². The van der Waals surface area contributed by atoms with Crippen LogP contribution < -0.4 is 10.1 Å². The summed E-state index contributed by atoms with van der Waals surface area (Å²) in [5.74, 6) is 1.57. The maximum atomic E-state index is 11.8. The van der Waals surface area contributed by atoms with Crippen LogP contribution in [0.4, 0.5) is 0 Å². The second-order valence-corrected chi connectivity index (χ2v) is 5.29. The fraction of sp³-hybridized carbons (Fsp3) is 0.455. The van der Waals surface area contributed by atoms with Crippen molar-refractivity contribution < 1.29 is 8.95 Å². The molecule has 0 spiro atoms. The molecule has 0 radical (unpaired) electrons. The molecule has 1 heterocycles. The lowest BCUT2D eigenvalue weighted by molar-refractivity contribution is 0.414. The molecule has 0 bridgehead atoms. The van der Waals surface area contributed by atoms with E-state index in [2.05, 4.69) is 5.32 Å². The zero-order chi connectivity index (χ0) is 10.7. The Balaban J connectivity index is 2.23. The SMILES string of the molecule is COc1cccc(C2CNCCS2=O)c1. The first-order chi connectivity index (χ1) is 7.31. The molecule has 1 fully saturated rings. The minimum Gasteiger partial charge on any atom is -0.497 e. The molecule has 3 nitrogen and oxygen atoms in total. The van der Waals surface area contributed by atoms with Crippen molar-refractivity contribution in [2.45, 2.75) is 5.25 Å². The van der Waals surface area contributed by atoms with Gasteiger partial charge in [0.1, 0.15) is 5.75 Å². The van der Waals surface area contributed by atoms with Crippen LogP contribution in [0.15, 0.2) is 24.3 Å². The highest BCUT2D eigenvalue weighted by Gasteiger charge is 2.22. The lowest BCUT2D eigenvalue weighted by atomic mass is 10.1. The number of methoxy groups -OCH3 is 1. The van der Waals surface area contributed by atoms with Gasteiger partial charge in [0.05, 0.1) is 12.4 Å². The van der Waals surface area contributed by atoms with E-state index in [1.54, 1.807) is 7.11 Å². The average Bonchev–Trinajstić information content (AvgIpc) is 2.30. The van der Waals surface area contributed by atoms with Crippen molar-refractivity contribution in [3.63, 3.8) is 0 Å². The monoisotopic (exact) mass is 225 g/mol. The van der Waals surface area contributed by atoms with E-state index in [9.17, 15) is 4.21 Å². The van der Waals surface area contributed by atoms with Gasteiger partial charge in [-0.2, -0.15) is 0 Å². The van der Waals surface area contributed by atoms with Crippen molar-refractivity contribution in [1.82, 2.24) is 5.32 Å². The van der Waals surface area contributed by atoms with Gasteiger partial charge >= 0.3 is 0 Å². The Morgan fingerprint density at radius 3 is 3.13 bits per heavy atom. The van der Waals surface area contributed by atoms with E-state index < -0.39 is 10.8 Å². The minimum absolute atomic E-state index is 0.105. The Labute approximate surface area is 92.3 Å². The van der Waals surface area contributed by atoms with Crippen LogP contribution in [0.25, 0.3) is 0 Å². The molecule has 1 aromatic carbocycles. The van der Waals surface area contributed by atoms with Gasteiger partial charge in [0.25, 0.3) is 0 Å². The summed E-state index contributed by atoms with van der Waals surface area (Å²) in [5.41, 5.74) is 1.10. The van der Waals surface area contributed by atoms with Crippen LogP contribution in [0, 0.1) is 0 Å². The number of ether oxygens (including phenoxy) is 1. The van der Waals surface area contributed by atoms with Gasteiger partial charge in [0.2, 0.25) is 0 Å². The molecular weight excluding hydrogens is 210 g/mol. The third-order valence-electron chi connectivity index (χ3n) is 2.59. The highest BCUT2D eigenvalue weighted by Crippen LogP contribution is 2.24. The third-order valence-corrected chi connectivity index (χ3v) is 4.27. The molecule has 82 valence electrons. The smallest absolute Gasteiger partial charge is 0.119 e. The Hall–Kier alpha value is -0.870. The van der Waals surface area contributed by atoms with Crippen LogP contribution in [-0.4, -0.2) is 30.2 Å². The lowest BCUT2D eigenvalue weighted by Gasteiger charge is -2.22. The summed E-state index contributed by atoms with van der Waals surface area (Å²) in [4.78, 5) is 0. The Morgan fingerprint density at radius 2 is 2.40 bits per heavy atom. The first-order valence-corrected chi connectivity index (χ1v) is 6.41. The van der Waals surface area contributed by atoms with Crippen molar-refractivity contribution in [2.24, 2.45) is 0 Å². The molecule has 0 aromatic heterocycles. The van der Waals surface area contributed by atoms with E-state index in [1.165, 1.54) is 0 Å². The van der Waals surface area contributed by atoms with Crippen LogP contribution in [0.1, 0.15) is 10.8 Å². The summed E-state index contributed by atoms with van der Waals surface area (Å²) in [5, 5.41) is 3.37. The van der Waals surface area contributed by atoms with E-state index in [4.69, 9.17) is 4.74 Å². The van der Waals surface area contributed by atoms with Crippen LogP contribution >= 0.6 is 0 Å². The molecule has 4 heteroatoms. The topological polar surface area (TPSA) is 38.3 Å². The molecule has 1 aromatic rings. The molecule has 1 N–H and O–H groups in total. The van der Waals surface area contributed by atoms with Crippen molar-refractivity contribution in [3.8, 4) is 5.75 Å². The van der Waals surface area contributed by atoms with Crippen molar-refractivity contribution >= 4 is 10.8 Å². The second kappa shape index (κ2) is 4.77. The molecule has 0 saturated carbocycles. The van der Waals surface area contributed by atoms with E-state index in [0.717, 1.165) is 30.2 Å². The summed E-state index contributed by atoms with van der Waals surface area (Å²) in [6.07, 6.45) is 0. The van der Waals surface area contributed by atoms with E-state index in [1.807, 2.05) is 24.3 Å². The van der Waals surface area contributed by atoms with Crippen LogP contribution in [-0.2, 0) is 10.8 Å². The predicted octanol–water partition coefficient (Wildman–Crippen LogP) is 1.09. The first kappa shape index (κ1) is 10.6. The van der Waals surface area contributed by atoms with Crippen molar-refractivity contribution in [1.29, 1.82) is 0 Å². The van der Waals surface area contributed by atoms with Gasteiger partial charge in [0, 0.05) is 29.6 Å². The molecule has 1 aliphatic heterocycles. The molecular formula is C11H15NO2S. The number of benzene rings is 1. The second-order valence-electron chi connectivity index (χ2n) is 3.55. The van der Waals surface area contributed by atoms with Crippen molar-refractivity contribution in [3.05, 3.63) is 29.8 Å². The summed E-state index contributed by atoms with van der Waals surface area (Å²) >= 11 is 0. The molecule has 0 aliphatic carbocycles. The largest absolute Gasteiger partial charge is 0.497 e. The number of hydrogen-bond acceptors (Lipinski definition) is 3. The molecule has 2 atom stereocenters. The molecule has 1 saturated heterocycles. The fourth-order valence-electron chi connectivity index (χ4n) is 1.75. The normalized spacial score (nSPS) is 26.2. The van der Waals surface area contributed by atoms with E-state index in [-0.39, 0.29) is 5.25 Å². The average molecular weight is 225 g/mol. The lowest BCUT2D eigenvalue weighted by Crippen LogP contribution is -2.35. The number of hydrogen-bond donors (Lipinski definition) is 1. The first-order valence-electron chi connectivity index (χ1n) is 5.03. The summed E-state index contributed by atoms with van der Waals surface area (Å²) in [7, 11) is 0.891. The standard InChI is InChI=1S/C11H15NO2S/c1-14-10-4-2-3-9(7-10)11-8-12-5-6-15(11)13/h2-4,7,11-12H,5-6,8H2,1H3. The zero-order valence-corrected chi connectivity index (χ0v) is 9.55. The van der Waals surface area contributed by atoms with Gasteiger partial charge in [-0.25, -0.2) is 0 Å². The van der Waals surface area contributed by atoms with Gasteiger partial charge < -0.3 is 10.1 Å². The maximum Gasteiger partial charge on any atom is 0.119 e. The van der Waals surface area contributed by atoms with E-state index >= 15 is 0 Å². The van der Waals surface area contributed by atoms with Crippen molar-refractivity contribution in [2.75, 3.05) is 26.0 Å². The van der Waals surface area contributed by atoms with Gasteiger partial charge in [-0.15, -0.1) is 0 Å². The Kier molecular flexibility index (Phi) is 3.38.